The van der Waals surface area contributed by atoms with Crippen molar-refractivity contribution in [2.24, 2.45) is 0 Å². The summed E-state index contributed by atoms with van der Waals surface area (Å²) >= 11 is 0. The SMILES string of the molecule is C=C1CCC(N2C(=O)c3ccc(N4CCNCC4)cc3C2=O)C(=O)N1.O=C1CCC(N2Cc3cc(N4CCNCC4)ccc3C2=O)C(=O)N1. The lowest BCUT2D eigenvalue weighted by atomic mass is 10.0. The standard InChI is InChI=1S/C18H20N4O3.C17H20N4O3/c1-11-2-5-15(16(23)20-11)22-17(24)13-4-3-12(10-14(13)18(22)25)21-8-6-19-7-9-21;22-15-4-3-14(16(23)19-15)21-10-11-9-12(1-2-13(11)17(21)24)20-7-5-18-6-8-20/h3-4,10,15,19H,1-2,5-9H2,(H,20,23);1-2,9,14,18H,3-8,10H2,(H,19,22,23). The van der Waals surface area contributed by atoms with E-state index < -0.39 is 12.1 Å². The lowest BCUT2D eigenvalue weighted by molar-refractivity contribution is -0.137. The fraction of sp³-hybridized carbons (Fsp3) is 0.429. The van der Waals surface area contributed by atoms with Gasteiger partial charge < -0.3 is 30.7 Å². The number of rotatable bonds is 4. The van der Waals surface area contributed by atoms with Crippen LogP contribution >= 0.6 is 0 Å². The summed E-state index contributed by atoms with van der Waals surface area (Å²) in [6.07, 6.45) is 1.66. The molecule has 0 aliphatic carbocycles. The highest BCUT2D eigenvalue weighted by Gasteiger charge is 2.44. The number of carbonyl (C=O) groups excluding carboxylic acids is 6. The molecule has 4 saturated heterocycles. The van der Waals surface area contributed by atoms with E-state index in [4.69, 9.17) is 0 Å². The van der Waals surface area contributed by atoms with E-state index in [1.807, 2.05) is 18.2 Å². The molecule has 2 aromatic rings. The van der Waals surface area contributed by atoms with Crippen molar-refractivity contribution in [2.45, 2.75) is 44.3 Å². The summed E-state index contributed by atoms with van der Waals surface area (Å²) in [4.78, 5) is 81.0. The van der Waals surface area contributed by atoms with E-state index in [-0.39, 0.29) is 41.9 Å². The second-order valence-electron chi connectivity index (χ2n) is 13.1. The maximum Gasteiger partial charge on any atom is 0.262 e. The van der Waals surface area contributed by atoms with E-state index in [0.29, 0.717) is 48.2 Å². The number of piperazine rings is 2. The molecule has 14 heteroatoms. The van der Waals surface area contributed by atoms with Gasteiger partial charge in [-0.05, 0) is 61.2 Å². The lowest BCUT2D eigenvalue weighted by Crippen LogP contribution is -2.52. The molecule has 0 aromatic heterocycles. The van der Waals surface area contributed by atoms with Crippen molar-refractivity contribution in [3.05, 3.63) is 70.9 Å². The van der Waals surface area contributed by atoms with Crippen LogP contribution in [0.15, 0.2) is 48.7 Å². The molecular formula is C35H40N8O6. The number of amides is 6. The van der Waals surface area contributed by atoms with E-state index in [9.17, 15) is 28.8 Å². The van der Waals surface area contributed by atoms with Crippen molar-refractivity contribution in [1.29, 1.82) is 0 Å². The van der Waals surface area contributed by atoms with E-state index in [0.717, 1.165) is 74.2 Å². The molecule has 4 fully saturated rings. The molecule has 2 atom stereocenters. The Bertz CT molecular complexity index is 1750. The molecule has 256 valence electrons. The molecule has 0 radical (unpaired) electrons. The zero-order valence-electron chi connectivity index (χ0n) is 27.3. The molecule has 6 heterocycles. The first-order valence-corrected chi connectivity index (χ1v) is 16.9. The van der Waals surface area contributed by atoms with Crippen LogP contribution in [0, 0.1) is 0 Å². The normalized spacial score (nSPS) is 24.0. The van der Waals surface area contributed by atoms with Crippen LogP contribution in [0.25, 0.3) is 0 Å². The molecule has 6 aliphatic rings. The Balaban J connectivity index is 0.000000154. The first-order valence-electron chi connectivity index (χ1n) is 16.9. The fourth-order valence-electron chi connectivity index (χ4n) is 7.34. The quantitative estimate of drug-likeness (QED) is 0.334. The molecule has 6 aliphatic heterocycles. The van der Waals surface area contributed by atoms with Crippen LogP contribution in [-0.2, 0) is 20.9 Å². The first kappa shape index (κ1) is 32.5. The van der Waals surface area contributed by atoms with Crippen LogP contribution in [-0.4, -0.2) is 110 Å². The van der Waals surface area contributed by atoms with Gasteiger partial charge in [0.25, 0.3) is 17.7 Å². The van der Waals surface area contributed by atoms with E-state index in [1.54, 1.807) is 17.0 Å². The van der Waals surface area contributed by atoms with E-state index in [2.05, 4.69) is 43.7 Å². The van der Waals surface area contributed by atoms with Gasteiger partial charge in [-0.1, -0.05) is 6.58 Å². The molecule has 2 unspecified atom stereocenters. The molecule has 0 spiro atoms. The average Bonchev–Trinajstić information content (AvgIpc) is 3.57. The summed E-state index contributed by atoms with van der Waals surface area (Å²) in [5, 5.41) is 11.6. The number of allylic oxidation sites excluding steroid dienone is 1. The average molecular weight is 669 g/mol. The molecule has 49 heavy (non-hydrogen) atoms. The largest absolute Gasteiger partial charge is 0.369 e. The third-order valence-corrected chi connectivity index (χ3v) is 10.0. The zero-order valence-corrected chi connectivity index (χ0v) is 27.3. The Kier molecular flexibility index (Phi) is 8.90. The second-order valence-corrected chi connectivity index (χ2v) is 13.1. The van der Waals surface area contributed by atoms with Crippen molar-refractivity contribution in [2.75, 3.05) is 62.2 Å². The lowest BCUT2D eigenvalue weighted by Gasteiger charge is -2.30. The highest BCUT2D eigenvalue weighted by atomic mass is 16.2. The van der Waals surface area contributed by atoms with Gasteiger partial charge in [0.15, 0.2) is 0 Å². The van der Waals surface area contributed by atoms with Crippen molar-refractivity contribution in [1.82, 2.24) is 31.1 Å². The highest BCUT2D eigenvalue weighted by Crippen LogP contribution is 2.32. The number of benzene rings is 2. The monoisotopic (exact) mass is 668 g/mol. The predicted molar refractivity (Wildman–Crippen MR) is 180 cm³/mol. The number of piperidine rings is 2. The van der Waals surface area contributed by atoms with E-state index >= 15 is 0 Å². The molecule has 0 saturated carbocycles. The molecule has 6 amide bonds. The second kappa shape index (κ2) is 13.4. The number of fused-ring (bicyclic) bond motifs is 2. The van der Waals surface area contributed by atoms with Gasteiger partial charge in [0.1, 0.15) is 12.1 Å². The minimum atomic E-state index is -0.763. The number of carbonyl (C=O) groups is 6. The molecule has 14 nitrogen and oxygen atoms in total. The molecule has 8 rings (SSSR count). The third-order valence-electron chi connectivity index (χ3n) is 10.0. The summed E-state index contributed by atoms with van der Waals surface area (Å²) in [6, 6.07) is 9.95. The van der Waals surface area contributed by atoms with Gasteiger partial charge in [-0.2, -0.15) is 0 Å². The zero-order chi connectivity index (χ0) is 34.2. The van der Waals surface area contributed by atoms with Gasteiger partial charge in [0, 0.05) is 88.0 Å². The smallest absolute Gasteiger partial charge is 0.262 e. The summed E-state index contributed by atoms with van der Waals surface area (Å²) < 4.78 is 0. The van der Waals surface area contributed by atoms with Crippen molar-refractivity contribution < 1.29 is 28.8 Å². The van der Waals surface area contributed by atoms with Gasteiger partial charge in [0.2, 0.25) is 17.7 Å². The number of hydrogen-bond acceptors (Lipinski definition) is 10. The minimum absolute atomic E-state index is 0.119. The number of anilines is 2. The van der Waals surface area contributed by atoms with Crippen LogP contribution in [0.2, 0.25) is 0 Å². The summed E-state index contributed by atoms with van der Waals surface area (Å²) in [5.74, 6) is -1.86. The number of hydrogen-bond donors (Lipinski definition) is 4. The third kappa shape index (κ3) is 6.29. The van der Waals surface area contributed by atoms with Gasteiger partial charge in [-0.15, -0.1) is 0 Å². The van der Waals surface area contributed by atoms with Crippen LogP contribution in [0.3, 0.4) is 0 Å². The first-order chi connectivity index (χ1) is 23.7. The Morgan fingerprint density at radius 1 is 0.612 bits per heavy atom. The van der Waals surface area contributed by atoms with Crippen LogP contribution in [0.5, 0.6) is 0 Å². The van der Waals surface area contributed by atoms with E-state index in [1.165, 1.54) is 0 Å². The summed E-state index contributed by atoms with van der Waals surface area (Å²) in [7, 11) is 0. The van der Waals surface area contributed by atoms with Crippen LogP contribution in [0.4, 0.5) is 11.4 Å². The molecular weight excluding hydrogens is 628 g/mol. The number of nitrogens with zero attached hydrogens (tertiary/aromatic N) is 4. The summed E-state index contributed by atoms with van der Waals surface area (Å²) in [6.45, 7) is 11.5. The van der Waals surface area contributed by atoms with Gasteiger partial charge in [-0.3, -0.25) is 39.0 Å². The topological polar surface area (TPSA) is 163 Å². The Labute approximate surface area is 283 Å². The van der Waals surface area contributed by atoms with Crippen LogP contribution in [0.1, 0.15) is 62.3 Å². The van der Waals surface area contributed by atoms with Gasteiger partial charge in [0.05, 0.1) is 11.1 Å². The fourth-order valence-corrected chi connectivity index (χ4v) is 7.34. The van der Waals surface area contributed by atoms with Crippen LogP contribution < -0.4 is 31.1 Å². The number of nitrogens with one attached hydrogen (secondary N) is 4. The predicted octanol–water partition coefficient (Wildman–Crippen LogP) is 0.342. The van der Waals surface area contributed by atoms with Crippen molar-refractivity contribution in [3.8, 4) is 0 Å². The molecule has 0 bridgehead atoms. The Hall–Kier alpha value is -5.08. The maximum atomic E-state index is 12.8. The Morgan fingerprint density at radius 3 is 1.82 bits per heavy atom. The summed E-state index contributed by atoms with van der Waals surface area (Å²) in [5.41, 5.74) is 5.07. The molecule has 4 N–H and O–H groups in total. The van der Waals surface area contributed by atoms with Gasteiger partial charge >= 0.3 is 0 Å². The molecule has 2 aromatic carbocycles. The highest BCUT2D eigenvalue weighted by molar-refractivity contribution is 6.23. The Morgan fingerprint density at radius 2 is 1.18 bits per heavy atom. The van der Waals surface area contributed by atoms with Crippen molar-refractivity contribution in [3.63, 3.8) is 0 Å². The number of imide groups is 2. The van der Waals surface area contributed by atoms with Gasteiger partial charge in [-0.25, -0.2) is 0 Å². The minimum Gasteiger partial charge on any atom is -0.369 e. The maximum absolute atomic E-state index is 12.8. The van der Waals surface area contributed by atoms with Crippen molar-refractivity contribution >= 4 is 46.8 Å².